The van der Waals surface area contributed by atoms with Crippen molar-refractivity contribution in [2.24, 2.45) is 17.8 Å². The van der Waals surface area contributed by atoms with Gasteiger partial charge < -0.3 is 0 Å². The first-order valence-electron chi connectivity index (χ1n) is 10.6. The highest BCUT2D eigenvalue weighted by Gasteiger charge is 2.20. The lowest BCUT2D eigenvalue weighted by Gasteiger charge is -2.26. The van der Waals surface area contributed by atoms with Gasteiger partial charge in [-0.2, -0.15) is 0 Å². The molecule has 0 nitrogen and oxygen atoms in total. The summed E-state index contributed by atoms with van der Waals surface area (Å²) < 4.78 is 0. The molecule has 2 aliphatic rings. The van der Waals surface area contributed by atoms with E-state index in [1.807, 2.05) is 0 Å². The van der Waals surface area contributed by atoms with E-state index in [1.54, 1.807) is 5.56 Å². The predicted octanol–water partition coefficient (Wildman–Crippen LogP) is 7.46. The van der Waals surface area contributed by atoms with E-state index < -0.39 is 0 Å². The van der Waals surface area contributed by atoms with E-state index in [0.717, 1.165) is 30.1 Å². The minimum absolute atomic E-state index is 0.725. The molecule has 1 aromatic rings. The van der Waals surface area contributed by atoms with Gasteiger partial charge in [-0.3, -0.25) is 0 Å². The van der Waals surface area contributed by atoms with E-state index in [4.69, 9.17) is 0 Å². The molecule has 2 saturated carbocycles. The Morgan fingerprint density at radius 2 is 1.44 bits per heavy atom. The molecule has 0 atom stereocenters. The van der Waals surface area contributed by atoms with Gasteiger partial charge in [0.25, 0.3) is 0 Å². The zero-order chi connectivity index (χ0) is 17.6. The van der Waals surface area contributed by atoms with Crippen LogP contribution >= 0.6 is 0 Å². The first-order chi connectivity index (χ1) is 12.1. The predicted molar refractivity (Wildman–Crippen MR) is 110 cm³/mol. The number of benzene rings is 1. The smallest absolute Gasteiger partial charge is 0.00942 e. The van der Waals surface area contributed by atoms with Gasteiger partial charge in [-0.05, 0) is 66.9 Å². The third-order valence-electron chi connectivity index (χ3n) is 6.69. The van der Waals surface area contributed by atoms with E-state index in [-0.39, 0.29) is 0 Å². The maximum atomic E-state index is 4.33. The van der Waals surface area contributed by atoms with Crippen LogP contribution in [0.4, 0.5) is 0 Å². The van der Waals surface area contributed by atoms with Crippen molar-refractivity contribution < 1.29 is 0 Å². The van der Waals surface area contributed by atoms with Gasteiger partial charge in [0, 0.05) is 0 Å². The summed E-state index contributed by atoms with van der Waals surface area (Å²) in [6, 6.07) is 9.42. The number of hydrogen-bond donors (Lipinski definition) is 0. The van der Waals surface area contributed by atoms with Crippen LogP contribution in [0.3, 0.4) is 0 Å². The molecule has 0 aromatic heterocycles. The van der Waals surface area contributed by atoms with E-state index in [9.17, 15) is 0 Å². The first kappa shape index (κ1) is 18.5. The van der Waals surface area contributed by atoms with Gasteiger partial charge in [-0.1, -0.05) is 88.1 Å². The van der Waals surface area contributed by atoms with Crippen molar-refractivity contribution in [3.8, 4) is 0 Å². The standard InChI is InChI=1S/C25H36/c1-19-7-13-23(14-8-19)21(3)5-4-6-22-11-17-25(18-12-22)24-15-9-20(2)10-16-24/h4-5,11-12,17-20,23-24H,3,6-10,13-16H2,1-2H3/b5-4-. The van der Waals surface area contributed by atoms with Crippen molar-refractivity contribution in [2.75, 3.05) is 0 Å². The molecular weight excluding hydrogens is 300 g/mol. The van der Waals surface area contributed by atoms with Gasteiger partial charge in [0.15, 0.2) is 0 Å². The summed E-state index contributed by atoms with van der Waals surface area (Å²) in [6.07, 6.45) is 16.6. The minimum Gasteiger partial charge on any atom is -0.0956 e. The van der Waals surface area contributed by atoms with Gasteiger partial charge in [-0.25, -0.2) is 0 Å². The molecular formula is C25H36. The Kier molecular flexibility index (Phi) is 6.57. The summed E-state index contributed by atoms with van der Waals surface area (Å²) in [6.45, 7) is 9.11. The first-order valence-corrected chi connectivity index (χ1v) is 10.6. The molecule has 0 N–H and O–H groups in total. The highest BCUT2D eigenvalue weighted by molar-refractivity contribution is 5.28. The number of allylic oxidation sites excluding steroid dienone is 3. The van der Waals surface area contributed by atoms with Crippen LogP contribution in [-0.2, 0) is 6.42 Å². The molecule has 136 valence electrons. The fourth-order valence-electron chi connectivity index (χ4n) is 4.63. The summed E-state index contributed by atoms with van der Waals surface area (Å²) in [5, 5.41) is 0. The molecule has 1 aromatic carbocycles. The van der Waals surface area contributed by atoms with Crippen LogP contribution in [0.5, 0.6) is 0 Å². The lowest BCUT2D eigenvalue weighted by Crippen LogP contribution is -2.13. The molecule has 0 spiro atoms. The molecule has 0 amide bonds. The largest absolute Gasteiger partial charge is 0.0956 e. The van der Waals surface area contributed by atoms with E-state index >= 15 is 0 Å². The van der Waals surface area contributed by atoms with Crippen LogP contribution in [0.15, 0.2) is 48.6 Å². The second kappa shape index (κ2) is 8.88. The zero-order valence-corrected chi connectivity index (χ0v) is 16.3. The van der Waals surface area contributed by atoms with Gasteiger partial charge in [0.1, 0.15) is 0 Å². The SMILES string of the molecule is C=C(/C=C\Cc1ccc(C2CCC(C)CC2)cc1)C1CCC(C)CC1. The third-order valence-corrected chi connectivity index (χ3v) is 6.69. The molecule has 0 bridgehead atoms. The Morgan fingerprint density at radius 3 is 2.04 bits per heavy atom. The fraction of sp³-hybridized carbons (Fsp3) is 0.600. The fourth-order valence-corrected chi connectivity index (χ4v) is 4.63. The van der Waals surface area contributed by atoms with Crippen LogP contribution < -0.4 is 0 Å². The van der Waals surface area contributed by atoms with Gasteiger partial charge in [0.05, 0.1) is 0 Å². The van der Waals surface area contributed by atoms with Crippen molar-refractivity contribution >= 4 is 0 Å². The Hall–Kier alpha value is -1.30. The zero-order valence-electron chi connectivity index (χ0n) is 16.3. The van der Waals surface area contributed by atoms with E-state index in [1.165, 1.54) is 62.5 Å². The van der Waals surface area contributed by atoms with Crippen LogP contribution in [-0.4, -0.2) is 0 Å². The molecule has 0 heterocycles. The summed E-state index contributed by atoms with van der Waals surface area (Å²) in [4.78, 5) is 0. The molecule has 2 fully saturated rings. The molecule has 0 radical (unpaired) electrons. The summed E-state index contributed by atoms with van der Waals surface area (Å²) in [5.74, 6) is 3.37. The molecule has 0 unspecified atom stereocenters. The van der Waals surface area contributed by atoms with Crippen molar-refractivity contribution in [3.05, 3.63) is 59.7 Å². The Labute approximate surface area is 155 Å². The maximum Gasteiger partial charge on any atom is -0.00942 e. The summed E-state index contributed by atoms with van der Waals surface area (Å²) in [7, 11) is 0. The van der Waals surface area contributed by atoms with Crippen LogP contribution in [0.25, 0.3) is 0 Å². The second-order valence-electron chi connectivity index (χ2n) is 8.84. The van der Waals surface area contributed by atoms with Crippen molar-refractivity contribution in [1.82, 2.24) is 0 Å². The monoisotopic (exact) mass is 336 g/mol. The lowest BCUT2D eigenvalue weighted by atomic mass is 9.79. The summed E-state index contributed by atoms with van der Waals surface area (Å²) in [5.41, 5.74) is 4.33. The molecule has 25 heavy (non-hydrogen) atoms. The topological polar surface area (TPSA) is 0 Å². The van der Waals surface area contributed by atoms with Gasteiger partial charge >= 0.3 is 0 Å². The van der Waals surface area contributed by atoms with Gasteiger partial charge in [0.2, 0.25) is 0 Å². The van der Waals surface area contributed by atoms with Crippen LogP contribution in [0.2, 0.25) is 0 Å². The number of rotatable bonds is 5. The molecule has 3 rings (SSSR count). The maximum absolute atomic E-state index is 4.33. The number of hydrogen-bond acceptors (Lipinski definition) is 0. The lowest BCUT2D eigenvalue weighted by molar-refractivity contribution is 0.324. The average Bonchev–Trinajstić information content (AvgIpc) is 2.63. The summed E-state index contributed by atoms with van der Waals surface area (Å²) >= 11 is 0. The molecule has 0 aliphatic heterocycles. The van der Waals surface area contributed by atoms with Crippen LogP contribution in [0.1, 0.15) is 82.3 Å². The minimum atomic E-state index is 0.725. The van der Waals surface area contributed by atoms with Gasteiger partial charge in [-0.15, -0.1) is 0 Å². The molecule has 0 saturated heterocycles. The van der Waals surface area contributed by atoms with E-state index in [0.29, 0.717) is 0 Å². The molecule has 2 aliphatic carbocycles. The van der Waals surface area contributed by atoms with Crippen molar-refractivity contribution in [1.29, 1.82) is 0 Å². The van der Waals surface area contributed by atoms with E-state index in [2.05, 4.69) is 56.8 Å². The average molecular weight is 337 g/mol. The quantitative estimate of drug-likeness (QED) is 0.489. The third kappa shape index (κ3) is 5.33. The Balaban J connectivity index is 1.47. The van der Waals surface area contributed by atoms with Crippen molar-refractivity contribution in [2.45, 2.75) is 77.6 Å². The molecule has 0 heteroatoms. The van der Waals surface area contributed by atoms with Crippen LogP contribution in [0, 0.1) is 17.8 Å². The van der Waals surface area contributed by atoms with Crippen molar-refractivity contribution in [3.63, 3.8) is 0 Å². The highest BCUT2D eigenvalue weighted by Crippen LogP contribution is 2.35. The highest BCUT2D eigenvalue weighted by atomic mass is 14.3. The normalized spacial score (nSPS) is 30.5. The Bertz CT molecular complexity index is 561. The second-order valence-corrected chi connectivity index (χ2v) is 8.84. The Morgan fingerprint density at radius 1 is 0.880 bits per heavy atom.